The Labute approximate surface area is 103 Å². The van der Waals surface area contributed by atoms with Gasteiger partial charge < -0.3 is 5.11 Å². The normalized spacial score (nSPS) is 11.8. The zero-order valence-electron chi connectivity index (χ0n) is 9.77. The van der Waals surface area contributed by atoms with Crippen LogP contribution in [0.15, 0.2) is 21.6 Å². The molecule has 0 unspecified atom stereocenters. The van der Waals surface area contributed by atoms with Gasteiger partial charge in [-0.3, -0.25) is 4.57 Å². The summed E-state index contributed by atoms with van der Waals surface area (Å²) in [6.07, 6.45) is 2.00. The van der Waals surface area contributed by atoms with Crippen LogP contribution in [0.1, 0.15) is 20.3 Å². The third kappa shape index (κ3) is 4.10. The van der Waals surface area contributed by atoms with Gasteiger partial charge >= 0.3 is 11.7 Å². The van der Waals surface area contributed by atoms with Gasteiger partial charge in [0.15, 0.2) is 5.16 Å². The van der Waals surface area contributed by atoms with Gasteiger partial charge in [-0.2, -0.15) is 0 Å². The molecule has 0 bridgehead atoms. The summed E-state index contributed by atoms with van der Waals surface area (Å²) in [5.74, 6) is -0.462. The number of hydrogen-bond donors (Lipinski definition) is 2. The van der Waals surface area contributed by atoms with Crippen molar-refractivity contribution in [2.75, 3.05) is 5.75 Å². The smallest absolute Gasteiger partial charge is 0.343 e. The predicted octanol–water partition coefficient (Wildman–Crippen LogP) is 1.10. The van der Waals surface area contributed by atoms with E-state index in [2.05, 4.69) is 10.2 Å². The van der Waals surface area contributed by atoms with Crippen molar-refractivity contribution >= 4 is 17.7 Å². The molecule has 0 saturated heterocycles. The molecule has 0 spiro atoms. The van der Waals surface area contributed by atoms with Crippen LogP contribution in [0.2, 0.25) is 0 Å². The average molecular weight is 257 g/mol. The molecule has 1 aromatic heterocycles. The van der Waals surface area contributed by atoms with Gasteiger partial charge in [0, 0.05) is 18.4 Å². The quantitative estimate of drug-likeness (QED) is 0.588. The molecule has 0 fully saturated rings. The summed E-state index contributed by atoms with van der Waals surface area (Å²) < 4.78 is 1.55. The molecule has 17 heavy (non-hydrogen) atoms. The number of aromatic amines is 1. The number of aromatic nitrogens is 3. The highest BCUT2D eigenvalue weighted by Gasteiger charge is 2.08. The number of hydrogen-bond acceptors (Lipinski definition) is 4. The van der Waals surface area contributed by atoms with Crippen LogP contribution >= 0.6 is 11.8 Å². The first kappa shape index (κ1) is 13.6. The molecule has 0 aromatic carbocycles. The molecule has 0 aliphatic heterocycles. The van der Waals surface area contributed by atoms with Crippen LogP contribution in [0.5, 0.6) is 0 Å². The number of carboxylic acid groups (broad SMARTS) is 1. The number of carboxylic acids is 1. The molecule has 1 aromatic rings. The average Bonchev–Trinajstić information content (AvgIpc) is 2.57. The molecule has 0 aliphatic rings. The van der Waals surface area contributed by atoms with E-state index in [1.807, 2.05) is 6.92 Å². The second kappa shape index (κ2) is 6.29. The van der Waals surface area contributed by atoms with Gasteiger partial charge in [0.1, 0.15) is 0 Å². The molecule has 0 atom stereocenters. The van der Waals surface area contributed by atoms with E-state index in [1.165, 1.54) is 11.8 Å². The number of nitrogens with one attached hydrogen (secondary N) is 1. The van der Waals surface area contributed by atoms with Crippen molar-refractivity contribution < 1.29 is 9.90 Å². The van der Waals surface area contributed by atoms with Crippen LogP contribution in [0.3, 0.4) is 0 Å². The zero-order valence-corrected chi connectivity index (χ0v) is 10.6. The summed E-state index contributed by atoms with van der Waals surface area (Å²) in [6, 6.07) is 0. The van der Waals surface area contributed by atoms with Crippen LogP contribution in [0.25, 0.3) is 0 Å². The number of nitrogens with zero attached hydrogens (tertiary/aromatic N) is 2. The Kier molecular flexibility index (Phi) is 5.02. The van der Waals surface area contributed by atoms with E-state index in [9.17, 15) is 9.59 Å². The molecule has 0 saturated carbocycles. The van der Waals surface area contributed by atoms with Gasteiger partial charge in [-0.15, -0.1) is 5.10 Å². The van der Waals surface area contributed by atoms with E-state index < -0.39 is 5.97 Å². The number of rotatable bonds is 6. The largest absolute Gasteiger partial charge is 0.478 e. The molecular formula is C10H15N3O3S. The van der Waals surface area contributed by atoms with Crippen LogP contribution in [0, 0.1) is 0 Å². The number of H-pyrrole nitrogens is 1. The van der Waals surface area contributed by atoms with Crippen molar-refractivity contribution in [3.63, 3.8) is 0 Å². The second-order valence-electron chi connectivity index (χ2n) is 3.58. The topological polar surface area (TPSA) is 88.0 Å². The lowest BCUT2D eigenvalue weighted by Gasteiger charge is -2.03. The Bertz CT molecular complexity index is 475. The highest BCUT2D eigenvalue weighted by molar-refractivity contribution is 7.99. The summed E-state index contributed by atoms with van der Waals surface area (Å²) in [5.41, 5.74) is 0.496. The van der Waals surface area contributed by atoms with Crippen LogP contribution < -0.4 is 5.69 Å². The van der Waals surface area contributed by atoms with E-state index >= 15 is 0 Å². The minimum Gasteiger partial charge on any atom is -0.478 e. The zero-order chi connectivity index (χ0) is 12.8. The summed E-state index contributed by atoms with van der Waals surface area (Å²) in [6.45, 7) is 4.32. The van der Waals surface area contributed by atoms with Crippen molar-refractivity contribution in [1.29, 1.82) is 0 Å². The maximum Gasteiger partial charge on any atom is 0.343 e. The number of thioether (sulfide) groups is 1. The Hall–Kier alpha value is -1.50. The predicted molar refractivity (Wildman–Crippen MR) is 65.3 cm³/mol. The van der Waals surface area contributed by atoms with Crippen molar-refractivity contribution in [2.45, 2.75) is 32.0 Å². The standard InChI is InChI=1S/C10H15N3O3S/c1-3-4-13-9(16)11-12-10(13)17-6-7(2)5-8(14)15/h5H,3-4,6H2,1-2H3,(H,11,16)(H,14,15). The van der Waals surface area contributed by atoms with Gasteiger partial charge in [-0.05, 0) is 13.3 Å². The molecular weight excluding hydrogens is 242 g/mol. The monoisotopic (exact) mass is 257 g/mol. The third-order valence-electron chi connectivity index (χ3n) is 1.97. The maximum atomic E-state index is 11.4. The van der Waals surface area contributed by atoms with Crippen molar-refractivity contribution in [2.24, 2.45) is 0 Å². The first-order chi connectivity index (χ1) is 8.04. The van der Waals surface area contributed by atoms with E-state index in [4.69, 9.17) is 5.11 Å². The molecule has 0 aliphatic carbocycles. The molecule has 0 radical (unpaired) electrons. The van der Waals surface area contributed by atoms with Gasteiger partial charge in [0.05, 0.1) is 0 Å². The summed E-state index contributed by atoms with van der Waals surface area (Å²) in [4.78, 5) is 21.8. The minimum absolute atomic E-state index is 0.228. The van der Waals surface area contributed by atoms with Crippen LogP contribution in [-0.4, -0.2) is 31.6 Å². The van der Waals surface area contributed by atoms with Crippen LogP contribution in [0.4, 0.5) is 0 Å². The summed E-state index contributed by atoms with van der Waals surface area (Å²) >= 11 is 1.35. The summed E-state index contributed by atoms with van der Waals surface area (Å²) in [5, 5.41) is 15.4. The SMILES string of the molecule is CCCn1c(SCC(C)=CC(=O)O)n[nH]c1=O. The van der Waals surface area contributed by atoms with Crippen molar-refractivity contribution in [1.82, 2.24) is 14.8 Å². The summed E-state index contributed by atoms with van der Waals surface area (Å²) in [7, 11) is 0. The Morgan fingerprint density at radius 2 is 2.35 bits per heavy atom. The van der Waals surface area contributed by atoms with E-state index in [-0.39, 0.29) is 5.69 Å². The fraction of sp³-hybridized carbons (Fsp3) is 0.500. The van der Waals surface area contributed by atoms with Gasteiger partial charge in [-0.25, -0.2) is 14.7 Å². The number of carbonyl (C=O) groups is 1. The maximum absolute atomic E-state index is 11.4. The second-order valence-corrected chi connectivity index (χ2v) is 4.52. The van der Waals surface area contributed by atoms with Crippen molar-refractivity contribution in [3.05, 3.63) is 22.1 Å². The highest BCUT2D eigenvalue weighted by Crippen LogP contribution is 2.16. The van der Waals surface area contributed by atoms with E-state index in [0.29, 0.717) is 17.5 Å². The Morgan fingerprint density at radius 3 is 2.94 bits per heavy atom. The fourth-order valence-corrected chi connectivity index (χ4v) is 2.15. The Morgan fingerprint density at radius 1 is 1.65 bits per heavy atom. The lowest BCUT2D eigenvalue weighted by molar-refractivity contribution is -0.131. The molecule has 6 nitrogen and oxygen atoms in total. The first-order valence-electron chi connectivity index (χ1n) is 5.22. The third-order valence-corrected chi connectivity index (χ3v) is 3.14. The van der Waals surface area contributed by atoms with Gasteiger partial charge in [0.2, 0.25) is 0 Å². The van der Waals surface area contributed by atoms with Gasteiger partial charge in [-0.1, -0.05) is 24.3 Å². The van der Waals surface area contributed by atoms with E-state index in [1.54, 1.807) is 11.5 Å². The Balaban J connectivity index is 2.69. The molecule has 0 amide bonds. The molecule has 94 valence electrons. The van der Waals surface area contributed by atoms with Crippen molar-refractivity contribution in [3.8, 4) is 0 Å². The molecule has 1 heterocycles. The lowest BCUT2D eigenvalue weighted by Crippen LogP contribution is -2.17. The fourth-order valence-electron chi connectivity index (χ4n) is 1.27. The van der Waals surface area contributed by atoms with Crippen LogP contribution in [-0.2, 0) is 11.3 Å². The minimum atomic E-state index is -0.962. The lowest BCUT2D eigenvalue weighted by atomic mass is 10.3. The molecule has 7 heteroatoms. The first-order valence-corrected chi connectivity index (χ1v) is 6.21. The highest BCUT2D eigenvalue weighted by atomic mass is 32.2. The van der Waals surface area contributed by atoms with Gasteiger partial charge in [0.25, 0.3) is 0 Å². The molecule has 1 rings (SSSR count). The number of aliphatic carboxylic acids is 1. The van der Waals surface area contributed by atoms with E-state index in [0.717, 1.165) is 18.1 Å². The molecule has 2 N–H and O–H groups in total.